The van der Waals surface area contributed by atoms with Crippen molar-refractivity contribution in [1.29, 1.82) is 0 Å². The number of carbonyl (C=O) groups excluding carboxylic acids is 1. The van der Waals surface area contributed by atoms with E-state index in [2.05, 4.69) is 5.32 Å². The second kappa shape index (κ2) is 8.66. The van der Waals surface area contributed by atoms with Crippen molar-refractivity contribution in [3.63, 3.8) is 0 Å². The van der Waals surface area contributed by atoms with Gasteiger partial charge in [-0.2, -0.15) is 13.2 Å². The SMILES string of the molecule is CN(CCOc1ccc(F)cc1)CC(=O)Nc1ccccc1C(F)(F)F. The summed E-state index contributed by atoms with van der Waals surface area (Å²) in [6.07, 6.45) is -4.54. The van der Waals surface area contributed by atoms with Gasteiger partial charge in [0.1, 0.15) is 18.2 Å². The Morgan fingerprint density at radius 1 is 1.12 bits per heavy atom. The third-order valence-corrected chi connectivity index (χ3v) is 3.48. The van der Waals surface area contributed by atoms with E-state index < -0.39 is 17.6 Å². The van der Waals surface area contributed by atoms with Gasteiger partial charge in [0.25, 0.3) is 0 Å². The molecule has 0 radical (unpaired) electrons. The van der Waals surface area contributed by atoms with E-state index in [1.807, 2.05) is 0 Å². The summed E-state index contributed by atoms with van der Waals surface area (Å²) in [5, 5.41) is 2.28. The van der Waals surface area contributed by atoms with Crippen LogP contribution in [0.15, 0.2) is 48.5 Å². The average molecular weight is 370 g/mol. The number of hydrogen-bond donors (Lipinski definition) is 1. The lowest BCUT2D eigenvalue weighted by molar-refractivity contribution is -0.137. The molecule has 1 N–H and O–H groups in total. The molecule has 0 atom stereocenters. The molecule has 8 heteroatoms. The van der Waals surface area contributed by atoms with Gasteiger partial charge in [0.05, 0.1) is 17.8 Å². The third-order valence-electron chi connectivity index (χ3n) is 3.48. The number of anilines is 1. The summed E-state index contributed by atoms with van der Waals surface area (Å²) in [5.41, 5.74) is -1.17. The summed E-state index contributed by atoms with van der Waals surface area (Å²) >= 11 is 0. The Morgan fingerprint density at radius 2 is 1.77 bits per heavy atom. The molecule has 0 aliphatic heterocycles. The van der Waals surface area contributed by atoms with Crippen LogP contribution >= 0.6 is 0 Å². The van der Waals surface area contributed by atoms with E-state index in [9.17, 15) is 22.4 Å². The van der Waals surface area contributed by atoms with Gasteiger partial charge >= 0.3 is 6.18 Å². The number of nitrogens with one attached hydrogen (secondary N) is 1. The minimum Gasteiger partial charge on any atom is -0.492 e. The summed E-state index contributed by atoms with van der Waals surface area (Å²) in [5.74, 6) is -0.445. The fraction of sp³-hybridized carbons (Fsp3) is 0.278. The lowest BCUT2D eigenvalue weighted by Crippen LogP contribution is -2.33. The van der Waals surface area contributed by atoms with E-state index in [0.717, 1.165) is 6.07 Å². The first kappa shape index (κ1) is 19.7. The summed E-state index contributed by atoms with van der Waals surface area (Å²) in [7, 11) is 1.64. The zero-order valence-electron chi connectivity index (χ0n) is 14.0. The molecule has 0 unspecified atom stereocenters. The molecule has 0 aliphatic rings. The minimum atomic E-state index is -4.54. The van der Waals surface area contributed by atoms with Crippen LogP contribution in [0.4, 0.5) is 23.2 Å². The van der Waals surface area contributed by atoms with Gasteiger partial charge in [-0.25, -0.2) is 4.39 Å². The zero-order chi connectivity index (χ0) is 19.2. The maximum absolute atomic E-state index is 12.9. The highest BCUT2D eigenvalue weighted by molar-refractivity contribution is 5.93. The molecule has 2 aromatic rings. The Morgan fingerprint density at radius 3 is 2.42 bits per heavy atom. The normalized spacial score (nSPS) is 11.5. The fourth-order valence-corrected chi connectivity index (χ4v) is 2.20. The summed E-state index contributed by atoms with van der Waals surface area (Å²) in [6.45, 7) is 0.513. The molecular formula is C18H18F4N2O2. The maximum Gasteiger partial charge on any atom is 0.418 e. The number of likely N-dealkylation sites (N-methyl/N-ethyl adjacent to an activating group) is 1. The molecule has 0 saturated heterocycles. The van der Waals surface area contributed by atoms with E-state index >= 15 is 0 Å². The number of ether oxygens (including phenoxy) is 1. The number of benzene rings is 2. The van der Waals surface area contributed by atoms with Crippen molar-refractivity contribution in [3.05, 3.63) is 59.9 Å². The van der Waals surface area contributed by atoms with E-state index in [1.54, 1.807) is 11.9 Å². The van der Waals surface area contributed by atoms with Gasteiger partial charge in [-0.15, -0.1) is 0 Å². The van der Waals surface area contributed by atoms with Gasteiger partial charge in [-0.05, 0) is 43.4 Å². The first-order valence-electron chi connectivity index (χ1n) is 7.78. The van der Waals surface area contributed by atoms with Crippen LogP contribution in [-0.2, 0) is 11.0 Å². The van der Waals surface area contributed by atoms with E-state index in [1.165, 1.54) is 42.5 Å². The van der Waals surface area contributed by atoms with Gasteiger partial charge in [0.15, 0.2) is 0 Å². The van der Waals surface area contributed by atoms with E-state index in [4.69, 9.17) is 4.74 Å². The minimum absolute atomic E-state index is 0.0982. The molecule has 2 aromatic carbocycles. The quantitative estimate of drug-likeness (QED) is 0.754. The van der Waals surface area contributed by atoms with Gasteiger partial charge in [0, 0.05) is 6.54 Å². The molecule has 140 valence electrons. The first-order valence-corrected chi connectivity index (χ1v) is 7.78. The van der Waals surface area contributed by atoms with Crippen LogP contribution in [0.2, 0.25) is 0 Å². The number of carbonyl (C=O) groups is 1. The predicted molar refractivity (Wildman–Crippen MR) is 89.5 cm³/mol. The van der Waals surface area contributed by atoms with Crippen LogP contribution in [-0.4, -0.2) is 37.6 Å². The van der Waals surface area contributed by atoms with Crippen LogP contribution in [0.1, 0.15) is 5.56 Å². The van der Waals surface area contributed by atoms with Gasteiger partial charge in [0.2, 0.25) is 5.91 Å². The molecule has 0 spiro atoms. The highest BCUT2D eigenvalue weighted by Crippen LogP contribution is 2.34. The third kappa shape index (κ3) is 6.03. The number of halogens is 4. The zero-order valence-corrected chi connectivity index (χ0v) is 14.0. The molecule has 4 nitrogen and oxygen atoms in total. The molecule has 1 amide bonds. The van der Waals surface area contributed by atoms with Crippen molar-refractivity contribution in [1.82, 2.24) is 4.90 Å². The van der Waals surface area contributed by atoms with Gasteiger partial charge in [-0.1, -0.05) is 12.1 Å². The Bertz CT molecular complexity index is 733. The number of nitrogens with zero attached hydrogens (tertiary/aromatic N) is 1. The fourth-order valence-electron chi connectivity index (χ4n) is 2.20. The predicted octanol–water partition coefficient (Wildman–Crippen LogP) is 3.79. The second-order valence-corrected chi connectivity index (χ2v) is 5.63. The standard InChI is InChI=1S/C18H18F4N2O2/c1-24(10-11-26-14-8-6-13(19)7-9-14)12-17(25)23-16-5-3-2-4-15(16)18(20,21)22/h2-9H,10-12H2,1H3,(H,23,25). The largest absolute Gasteiger partial charge is 0.492 e. The van der Waals surface area contributed by atoms with Crippen molar-refractivity contribution in [2.75, 3.05) is 32.1 Å². The Kier molecular flexibility index (Phi) is 6.57. The molecule has 0 heterocycles. The maximum atomic E-state index is 12.9. The second-order valence-electron chi connectivity index (χ2n) is 5.63. The molecular weight excluding hydrogens is 352 g/mol. The van der Waals surface area contributed by atoms with Crippen molar-refractivity contribution < 1.29 is 27.1 Å². The number of para-hydroxylation sites is 1. The lowest BCUT2D eigenvalue weighted by Gasteiger charge is -2.18. The molecule has 2 rings (SSSR count). The van der Waals surface area contributed by atoms with Crippen molar-refractivity contribution >= 4 is 11.6 Å². The molecule has 0 aromatic heterocycles. The average Bonchev–Trinajstić information content (AvgIpc) is 2.56. The highest BCUT2D eigenvalue weighted by Gasteiger charge is 2.33. The van der Waals surface area contributed by atoms with Gasteiger partial charge < -0.3 is 10.1 Å². The van der Waals surface area contributed by atoms with E-state index in [0.29, 0.717) is 12.3 Å². The van der Waals surface area contributed by atoms with Crippen LogP contribution < -0.4 is 10.1 Å². The Balaban J connectivity index is 1.81. The van der Waals surface area contributed by atoms with Crippen LogP contribution in [0.3, 0.4) is 0 Å². The number of amides is 1. The molecule has 0 fully saturated rings. The van der Waals surface area contributed by atoms with Crippen LogP contribution in [0.5, 0.6) is 5.75 Å². The first-order chi connectivity index (χ1) is 12.3. The van der Waals surface area contributed by atoms with Crippen molar-refractivity contribution in [3.8, 4) is 5.75 Å². The van der Waals surface area contributed by atoms with E-state index in [-0.39, 0.29) is 24.7 Å². The number of alkyl halides is 3. The molecule has 0 saturated carbocycles. The topological polar surface area (TPSA) is 41.6 Å². The van der Waals surface area contributed by atoms with Gasteiger partial charge in [-0.3, -0.25) is 9.69 Å². The van der Waals surface area contributed by atoms with Crippen LogP contribution in [0, 0.1) is 5.82 Å². The Hall–Kier alpha value is -2.61. The molecule has 0 aliphatic carbocycles. The van der Waals surface area contributed by atoms with Crippen molar-refractivity contribution in [2.24, 2.45) is 0 Å². The summed E-state index contributed by atoms with van der Waals surface area (Å²) < 4.78 is 56.9. The monoisotopic (exact) mass is 370 g/mol. The van der Waals surface area contributed by atoms with Crippen LogP contribution in [0.25, 0.3) is 0 Å². The van der Waals surface area contributed by atoms with Crippen molar-refractivity contribution in [2.45, 2.75) is 6.18 Å². The highest BCUT2D eigenvalue weighted by atomic mass is 19.4. The lowest BCUT2D eigenvalue weighted by atomic mass is 10.1. The smallest absolute Gasteiger partial charge is 0.418 e. The summed E-state index contributed by atoms with van der Waals surface area (Å²) in [6, 6.07) is 10.3. The molecule has 26 heavy (non-hydrogen) atoms. The summed E-state index contributed by atoms with van der Waals surface area (Å²) in [4.78, 5) is 13.6. The molecule has 0 bridgehead atoms. The Labute approximate surface area is 148 Å². The number of hydrogen-bond acceptors (Lipinski definition) is 3. The number of rotatable bonds is 7.